The number of carboxylic acids is 1. The number of aliphatic carboxylic acids is 1. The molecule has 7 heteroatoms. The largest absolute Gasteiger partial charge is 0.481 e. The van der Waals surface area contributed by atoms with E-state index in [4.69, 9.17) is 9.84 Å². The number of hydrogen-bond donors (Lipinski definition) is 1. The van der Waals surface area contributed by atoms with Crippen LogP contribution in [0, 0.1) is 11.8 Å². The average molecular weight is 319 g/mol. The van der Waals surface area contributed by atoms with E-state index in [2.05, 4.69) is 0 Å². The van der Waals surface area contributed by atoms with Crippen molar-refractivity contribution < 1.29 is 23.1 Å². The number of sulfonamides is 1. The molecular formula is C14H25NO5S. The Bertz CT molecular complexity index is 458. The van der Waals surface area contributed by atoms with Crippen molar-refractivity contribution in [2.45, 2.75) is 44.3 Å². The minimum absolute atomic E-state index is 0.00943. The number of ether oxygens (including phenoxy) is 1. The molecular weight excluding hydrogens is 294 g/mol. The topological polar surface area (TPSA) is 83.9 Å². The van der Waals surface area contributed by atoms with Crippen molar-refractivity contribution in [1.82, 2.24) is 4.31 Å². The molecule has 0 amide bonds. The molecule has 0 bridgehead atoms. The summed E-state index contributed by atoms with van der Waals surface area (Å²) in [6, 6.07) is 0. The maximum Gasteiger partial charge on any atom is 0.303 e. The monoisotopic (exact) mass is 319 g/mol. The molecule has 0 radical (unpaired) electrons. The summed E-state index contributed by atoms with van der Waals surface area (Å²) in [5.74, 6) is -0.661. The Hall–Kier alpha value is -0.660. The number of piperidine rings is 1. The van der Waals surface area contributed by atoms with Crippen molar-refractivity contribution in [2.24, 2.45) is 11.8 Å². The van der Waals surface area contributed by atoms with Gasteiger partial charge in [0.25, 0.3) is 0 Å². The van der Waals surface area contributed by atoms with Crippen molar-refractivity contribution in [2.75, 3.05) is 26.3 Å². The lowest BCUT2D eigenvalue weighted by molar-refractivity contribution is -0.138. The predicted octanol–water partition coefficient (Wildman–Crippen LogP) is 1.32. The fourth-order valence-corrected chi connectivity index (χ4v) is 5.29. The number of hydrogen-bond acceptors (Lipinski definition) is 4. The summed E-state index contributed by atoms with van der Waals surface area (Å²) in [6.45, 7) is 3.96. The fourth-order valence-electron chi connectivity index (χ4n) is 3.30. The van der Waals surface area contributed by atoms with Crippen LogP contribution in [0.4, 0.5) is 0 Å². The molecule has 0 spiro atoms. The molecule has 2 aliphatic rings. The Labute approximate surface area is 126 Å². The van der Waals surface area contributed by atoms with Gasteiger partial charge in [0.05, 0.1) is 5.25 Å². The maximum atomic E-state index is 12.7. The summed E-state index contributed by atoms with van der Waals surface area (Å²) >= 11 is 0. The normalized spacial score (nSPS) is 27.4. The first kappa shape index (κ1) is 16.7. The summed E-state index contributed by atoms with van der Waals surface area (Å²) in [4.78, 5) is 10.8. The molecule has 0 aromatic heterocycles. The van der Waals surface area contributed by atoms with E-state index in [1.807, 2.05) is 6.92 Å². The summed E-state index contributed by atoms with van der Waals surface area (Å²) < 4.78 is 32.2. The van der Waals surface area contributed by atoms with Crippen molar-refractivity contribution >= 4 is 16.0 Å². The van der Waals surface area contributed by atoms with Crippen LogP contribution in [0.25, 0.3) is 0 Å². The molecule has 2 heterocycles. The Kier molecular flexibility index (Phi) is 5.62. The van der Waals surface area contributed by atoms with Gasteiger partial charge in [0.1, 0.15) is 0 Å². The first-order valence-electron chi connectivity index (χ1n) is 7.69. The third-order valence-corrected chi connectivity index (χ3v) is 7.04. The van der Waals surface area contributed by atoms with Gasteiger partial charge >= 0.3 is 5.97 Å². The van der Waals surface area contributed by atoms with Crippen LogP contribution in [0.5, 0.6) is 0 Å². The average Bonchev–Trinajstić information content (AvgIpc) is 2.47. The molecule has 0 aromatic rings. The first-order chi connectivity index (χ1) is 9.91. The van der Waals surface area contributed by atoms with Crippen LogP contribution < -0.4 is 0 Å². The highest BCUT2D eigenvalue weighted by atomic mass is 32.2. The zero-order valence-electron chi connectivity index (χ0n) is 12.5. The van der Waals surface area contributed by atoms with Gasteiger partial charge in [-0.1, -0.05) is 6.92 Å². The second-order valence-electron chi connectivity index (χ2n) is 6.19. The standard InChI is InChI=1S/C14H25NO5S/c1-11(9-14(16)17)12-3-2-6-15(10-12)21(18,19)13-4-7-20-8-5-13/h11-13H,2-10H2,1H3,(H,16,17). The second kappa shape index (κ2) is 7.07. The van der Waals surface area contributed by atoms with Gasteiger partial charge in [-0.25, -0.2) is 12.7 Å². The first-order valence-corrected chi connectivity index (χ1v) is 9.20. The van der Waals surface area contributed by atoms with Crippen LogP contribution >= 0.6 is 0 Å². The Morgan fingerprint density at radius 1 is 1.33 bits per heavy atom. The zero-order chi connectivity index (χ0) is 15.5. The van der Waals surface area contributed by atoms with E-state index in [9.17, 15) is 13.2 Å². The number of carboxylic acid groups (broad SMARTS) is 1. The van der Waals surface area contributed by atoms with E-state index in [-0.39, 0.29) is 23.5 Å². The molecule has 21 heavy (non-hydrogen) atoms. The van der Waals surface area contributed by atoms with E-state index in [0.717, 1.165) is 12.8 Å². The van der Waals surface area contributed by atoms with E-state index < -0.39 is 16.0 Å². The quantitative estimate of drug-likeness (QED) is 0.826. The van der Waals surface area contributed by atoms with Crippen molar-refractivity contribution in [3.63, 3.8) is 0 Å². The Morgan fingerprint density at radius 3 is 2.62 bits per heavy atom. The molecule has 2 fully saturated rings. The summed E-state index contributed by atoms with van der Waals surface area (Å²) in [5, 5.41) is 8.56. The van der Waals surface area contributed by atoms with Gasteiger partial charge in [0, 0.05) is 32.7 Å². The molecule has 2 unspecified atom stereocenters. The van der Waals surface area contributed by atoms with Gasteiger partial charge in [-0.3, -0.25) is 4.79 Å². The Balaban J connectivity index is 2.00. The number of carbonyl (C=O) groups is 1. The third kappa shape index (κ3) is 4.17. The summed E-state index contributed by atoms with van der Waals surface area (Å²) in [7, 11) is -3.27. The molecule has 0 aliphatic carbocycles. The van der Waals surface area contributed by atoms with Crippen LogP contribution in [-0.2, 0) is 19.6 Å². The SMILES string of the molecule is CC(CC(=O)O)C1CCCN(S(=O)(=O)C2CCOCC2)C1. The molecule has 0 aromatic carbocycles. The van der Waals surface area contributed by atoms with Crippen LogP contribution in [0.1, 0.15) is 39.0 Å². The summed E-state index contributed by atoms with van der Waals surface area (Å²) in [6.07, 6.45) is 2.96. The molecule has 0 saturated carbocycles. The van der Waals surface area contributed by atoms with E-state index in [1.165, 1.54) is 0 Å². The maximum absolute atomic E-state index is 12.7. The predicted molar refractivity (Wildman–Crippen MR) is 78.5 cm³/mol. The minimum Gasteiger partial charge on any atom is -0.481 e. The van der Waals surface area contributed by atoms with E-state index in [0.29, 0.717) is 39.1 Å². The van der Waals surface area contributed by atoms with Gasteiger partial charge in [0.2, 0.25) is 10.0 Å². The third-order valence-electron chi connectivity index (χ3n) is 4.67. The van der Waals surface area contributed by atoms with Crippen LogP contribution in [0.2, 0.25) is 0 Å². The number of rotatable bonds is 5. The van der Waals surface area contributed by atoms with Crippen molar-refractivity contribution in [1.29, 1.82) is 0 Å². The lowest BCUT2D eigenvalue weighted by Crippen LogP contribution is -2.47. The lowest BCUT2D eigenvalue weighted by atomic mass is 9.85. The molecule has 2 aliphatic heterocycles. The molecule has 122 valence electrons. The van der Waals surface area contributed by atoms with Crippen molar-refractivity contribution in [3.05, 3.63) is 0 Å². The van der Waals surface area contributed by atoms with Gasteiger partial charge in [-0.05, 0) is 37.5 Å². The highest BCUT2D eigenvalue weighted by Crippen LogP contribution is 2.30. The minimum atomic E-state index is -3.27. The summed E-state index contributed by atoms with van der Waals surface area (Å²) in [5.41, 5.74) is 0. The van der Waals surface area contributed by atoms with E-state index >= 15 is 0 Å². The Morgan fingerprint density at radius 2 is 2.00 bits per heavy atom. The van der Waals surface area contributed by atoms with E-state index in [1.54, 1.807) is 4.31 Å². The van der Waals surface area contributed by atoms with Gasteiger partial charge in [-0.2, -0.15) is 0 Å². The molecule has 1 N–H and O–H groups in total. The van der Waals surface area contributed by atoms with Gasteiger partial charge < -0.3 is 9.84 Å². The molecule has 2 rings (SSSR count). The lowest BCUT2D eigenvalue weighted by Gasteiger charge is -2.37. The van der Waals surface area contributed by atoms with Crippen molar-refractivity contribution in [3.8, 4) is 0 Å². The second-order valence-corrected chi connectivity index (χ2v) is 8.41. The fraction of sp³-hybridized carbons (Fsp3) is 0.929. The highest BCUT2D eigenvalue weighted by Gasteiger charge is 2.37. The van der Waals surface area contributed by atoms with Crippen LogP contribution in [0.15, 0.2) is 0 Å². The zero-order valence-corrected chi connectivity index (χ0v) is 13.3. The smallest absolute Gasteiger partial charge is 0.303 e. The van der Waals surface area contributed by atoms with Gasteiger partial charge in [-0.15, -0.1) is 0 Å². The molecule has 6 nitrogen and oxygen atoms in total. The molecule has 2 atom stereocenters. The van der Waals surface area contributed by atoms with Crippen LogP contribution in [0.3, 0.4) is 0 Å². The highest BCUT2D eigenvalue weighted by molar-refractivity contribution is 7.89. The molecule has 2 saturated heterocycles. The van der Waals surface area contributed by atoms with Gasteiger partial charge in [0.15, 0.2) is 0 Å². The number of nitrogens with zero attached hydrogens (tertiary/aromatic N) is 1. The van der Waals surface area contributed by atoms with Crippen LogP contribution in [-0.4, -0.2) is 55.4 Å².